The largest absolute Gasteiger partial charge is 0.404 e. The quantitative estimate of drug-likeness (QED) is 0.621. The summed E-state index contributed by atoms with van der Waals surface area (Å²) in [6.07, 6.45) is 4.99. The van der Waals surface area contributed by atoms with E-state index in [0.29, 0.717) is 0 Å². The molecule has 0 aliphatic rings. The van der Waals surface area contributed by atoms with Crippen LogP contribution in [0.5, 0.6) is 0 Å². The van der Waals surface area contributed by atoms with Crippen molar-refractivity contribution in [3.8, 4) is 0 Å². The molecule has 0 atom stereocenters. The average Bonchev–Trinajstić information content (AvgIpc) is 2.09. The fourth-order valence-electron chi connectivity index (χ4n) is 1.03. The van der Waals surface area contributed by atoms with Crippen molar-refractivity contribution in [2.45, 2.75) is 13.8 Å². The van der Waals surface area contributed by atoms with Crippen LogP contribution in [-0.2, 0) is 0 Å². The summed E-state index contributed by atoms with van der Waals surface area (Å²) in [5, 5.41) is 0. The second-order valence-corrected chi connectivity index (χ2v) is 2.78. The van der Waals surface area contributed by atoms with Crippen LogP contribution in [0.25, 0.3) is 0 Å². The van der Waals surface area contributed by atoms with Crippen molar-refractivity contribution in [1.29, 1.82) is 0 Å². The van der Waals surface area contributed by atoms with Gasteiger partial charge in [-0.15, -0.1) is 0 Å². The first-order valence-corrected chi connectivity index (χ1v) is 4.15. The van der Waals surface area contributed by atoms with Crippen molar-refractivity contribution >= 4 is 11.9 Å². The number of nitrogens with zero attached hydrogens (tertiary/aromatic N) is 1. The van der Waals surface area contributed by atoms with Crippen LogP contribution in [0, 0.1) is 13.8 Å². The first-order chi connectivity index (χ1) is 6.24. The Balaban J connectivity index is 2.89. The summed E-state index contributed by atoms with van der Waals surface area (Å²) in [6, 6.07) is 3.97. The van der Waals surface area contributed by atoms with E-state index < -0.39 is 0 Å². The van der Waals surface area contributed by atoms with Gasteiger partial charge in [0.15, 0.2) is 6.21 Å². The van der Waals surface area contributed by atoms with E-state index in [4.69, 9.17) is 5.73 Å². The molecule has 0 amide bonds. The van der Waals surface area contributed by atoms with Gasteiger partial charge in [-0.3, -0.25) is 4.98 Å². The number of aromatic nitrogens is 1. The Hall–Kier alpha value is -1.64. The van der Waals surface area contributed by atoms with Gasteiger partial charge in [0.25, 0.3) is 0 Å². The number of pyridine rings is 1. The fourth-order valence-corrected chi connectivity index (χ4v) is 1.03. The number of nitrogens with one attached hydrogen (secondary N) is 1. The second-order valence-electron chi connectivity index (χ2n) is 2.78. The molecule has 1 rings (SSSR count). The third-order valence-corrected chi connectivity index (χ3v) is 1.67. The van der Waals surface area contributed by atoms with E-state index >= 15 is 0 Å². The second kappa shape index (κ2) is 4.40. The Morgan fingerprint density at radius 2 is 2.15 bits per heavy atom. The maximum atomic E-state index is 5.19. The van der Waals surface area contributed by atoms with Gasteiger partial charge in [-0.1, -0.05) is 0 Å². The van der Waals surface area contributed by atoms with Gasteiger partial charge in [-0.25, -0.2) is 4.99 Å². The van der Waals surface area contributed by atoms with Crippen molar-refractivity contribution < 1.29 is 4.99 Å². The molecule has 3 heteroatoms. The number of hydrogen-bond acceptors (Lipinski definition) is 2. The van der Waals surface area contributed by atoms with E-state index in [2.05, 4.69) is 9.98 Å². The topological polar surface area (TPSA) is 52.9 Å². The Morgan fingerprint density at radius 1 is 1.38 bits per heavy atom. The van der Waals surface area contributed by atoms with Crippen LogP contribution >= 0.6 is 0 Å². The fraction of sp³-hybridized carbons (Fsp3) is 0.200. The predicted octanol–water partition coefficient (Wildman–Crippen LogP) is -0.0463. The van der Waals surface area contributed by atoms with Crippen molar-refractivity contribution in [1.82, 2.24) is 4.98 Å². The molecular weight excluding hydrogens is 162 g/mol. The van der Waals surface area contributed by atoms with Crippen LogP contribution in [0.3, 0.4) is 0 Å². The molecule has 3 N–H and O–H groups in total. The average molecular weight is 176 g/mol. The van der Waals surface area contributed by atoms with Crippen molar-refractivity contribution in [2.24, 2.45) is 5.73 Å². The monoisotopic (exact) mass is 176 g/mol. The number of aryl methyl sites for hydroxylation is 2. The number of nitrogens with two attached hydrogens (primary N) is 1. The Labute approximate surface area is 78.0 Å². The van der Waals surface area contributed by atoms with Gasteiger partial charge in [0.05, 0.1) is 0 Å². The molecule has 0 saturated heterocycles. The van der Waals surface area contributed by atoms with Gasteiger partial charge >= 0.3 is 0 Å². The highest BCUT2D eigenvalue weighted by Gasteiger charge is 2.01. The van der Waals surface area contributed by atoms with E-state index in [9.17, 15) is 0 Å². The van der Waals surface area contributed by atoms with Crippen LogP contribution < -0.4 is 10.7 Å². The van der Waals surface area contributed by atoms with Crippen LogP contribution in [0.2, 0.25) is 0 Å². The third kappa shape index (κ3) is 2.71. The van der Waals surface area contributed by atoms with Crippen LogP contribution in [0.15, 0.2) is 24.4 Å². The molecule has 0 aromatic carbocycles. The minimum Gasteiger partial charge on any atom is -0.404 e. The molecule has 3 nitrogen and oxygen atoms in total. The minimum absolute atomic E-state index is 0.988. The van der Waals surface area contributed by atoms with Gasteiger partial charge in [0, 0.05) is 17.8 Å². The van der Waals surface area contributed by atoms with Gasteiger partial charge < -0.3 is 5.73 Å². The molecule has 1 aromatic rings. The Morgan fingerprint density at radius 3 is 2.77 bits per heavy atom. The lowest BCUT2D eigenvalue weighted by molar-refractivity contribution is -0.347. The summed E-state index contributed by atoms with van der Waals surface area (Å²) in [5.41, 5.74) is 8.20. The van der Waals surface area contributed by atoms with E-state index in [1.54, 1.807) is 12.3 Å². The van der Waals surface area contributed by atoms with Crippen LogP contribution in [0.1, 0.15) is 11.4 Å². The van der Waals surface area contributed by atoms with Crippen molar-refractivity contribution in [3.63, 3.8) is 0 Å². The lowest BCUT2D eigenvalue weighted by Crippen LogP contribution is -2.61. The molecule has 0 unspecified atom stereocenters. The minimum atomic E-state index is 0.988. The molecular formula is C10H14N3+. The van der Waals surface area contributed by atoms with Gasteiger partial charge in [0.2, 0.25) is 5.69 Å². The molecule has 0 aliphatic carbocycles. The van der Waals surface area contributed by atoms with Crippen LogP contribution in [-0.4, -0.2) is 11.2 Å². The lowest BCUT2D eigenvalue weighted by atomic mass is 10.3. The zero-order valence-electron chi connectivity index (χ0n) is 7.91. The molecule has 68 valence electrons. The number of allylic oxidation sites excluding steroid dienone is 1. The molecule has 0 radical (unpaired) electrons. The molecule has 0 saturated carbocycles. The summed E-state index contributed by atoms with van der Waals surface area (Å²) in [5.74, 6) is 0. The molecule has 0 spiro atoms. The van der Waals surface area contributed by atoms with Crippen molar-refractivity contribution in [3.05, 3.63) is 35.8 Å². The predicted molar refractivity (Wildman–Crippen MR) is 53.7 cm³/mol. The molecule has 1 aromatic heterocycles. The zero-order valence-corrected chi connectivity index (χ0v) is 7.91. The first-order valence-electron chi connectivity index (χ1n) is 4.15. The third-order valence-electron chi connectivity index (χ3n) is 1.67. The molecule has 0 fully saturated rings. The van der Waals surface area contributed by atoms with E-state index in [-0.39, 0.29) is 0 Å². The SMILES string of the molecule is Cc1ccc([NH+]=C/C=C\N)c(C)n1. The first kappa shape index (κ1) is 9.45. The highest BCUT2D eigenvalue weighted by Crippen LogP contribution is 2.04. The summed E-state index contributed by atoms with van der Waals surface area (Å²) >= 11 is 0. The maximum absolute atomic E-state index is 5.19. The standard InChI is InChI=1S/C10H13N3/c1-8-4-5-10(9(2)13-8)12-7-3-6-11/h3-7H,11H2,1-2H3/p+1/b6-3-,12-7?. The number of hydrogen-bond donors (Lipinski definition) is 2. The highest BCUT2D eigenvalue weighted by molar-refractivity contribution is 5.66. The van der Waals surface area contributed by atoms with Crippen LogP contribution in [0.4, 0.5) is 5.69 Å². The maximum Gasteiger partial charge on any atom is 0.224 e. The van der Waals surface area contributed by atoms with E-state index in [0.717, 1.165) is 17.1 Å². The summed E-state index contributed by atoms with van der Waals surface area (Å²) < 4.78 is 0. The highest BCUT2D eigenvalue weighted by atomic mass is 14.8. The Kier molecular flexibility index (Phi) is 3.20. The smallest absolute Gasteiger partial charge is 0.224 e. The number of rotatable bonds is 2. The summed E-state index contributed by atoms with van der Waals surface area (Å²) in [7, 11) is 0. The molecule has 13 heavy (non-hydrogen) atoms. The summed E-state index contributed by atoms with van der Waals surface area (Å²) in [4.78, 5) is 7.40. The van der Waals surface area contributed by atoms with E-state index in [1.807, 2.05) is 26.0 Å². The Bertz CT molecular complexity index is 340. The van der Waals surface area contributed by atoms with Gasteiger partial charge in [0.1, 0.15) is 5.69 Å². The molecule has 0 bridgehead atoms. The summed E-state index contributed by atoms with van der Waals surface area (Å²) in [6.45, 7) is 3.94. The molecule has 0 aliphatic heterocycles. The molecule has 1 heterocycles. The van der Waals surface area contributed by atoms with E-state index in [1.165, 1.54) is 6.20 Å². The van der Waals surface area contributed by atoms with Crippen molar-refractivity contribution in [2.75, 3.05) is 0 Å². The van der Waals surface area contributed by atoms with Gasteiger partial charge in [-0.2, -0.15) is 0 Å². The zero-order chi connectivity index (χ0) is 9.68. The lowest BCUT2D eigenvalue weighted by Gasteiger charge is -1.94. The normalized spacial score (nSPS) is 11.5. The van der Waals surface area contributed by atoms with Gasteiger partial charge in [-0.05, 0) is 26.1 Å².